The Morgan fingerprint density at radius 3 is 1.33 bits per heavy atom. The average Bonchev–Trinajstić information content (AvgIpc) is 2.72. The molecule has 0 aliphatic heterocycles. The highest BCUT2D eigenvalue weighted by Gasteiger charge is 2.20. The van der Waals surface area contributed by atoms with Crippen molar-refractivity contribution in [3.63, 3.8) is 0 Å². The smallest absolute Gasteiger partial charge is 0.336 e. The van der Waals surface area contributed by atoms with Crippen molar-refractivity contribution in [1.29, 1.82) is 0 Å². The Kier molecular flexibility index (Phi) is 5.33. The van der Waals surface area contributed by atoms with Crippen LogP contribution >= 0.6 is 0 Å². The monoisotopic (exact) mass is 406 g/mol. The molecule has 0 bridgehead atoms. The van der Waals surface area contributed by atoms with Gasteiger partial charge in [0.25, 0.3) is 0 Å². The van der Waals surface area contributed by atoms with E-state index in [-0.39, 0.29) is 27.8 Å². The summed E-state index contributed by atoms with van der Waals surface area (Å²) in [5.74, 6) is -5.12. The zero-order chi connectivity index (χ0) is 22.0. The van der Waals surface area contributed by atoms with E-state index in [0.29, 0.717) is 16.7 Å². The summed E-state index contributed by atoms with van der Waals surface area (Å²) in [5, 5.41) is 37.3. The van der Waals surface area contributed by atoms with Gasteiger partial charge in [-0.3, -0.25) is 0 Å². The van der Waals surface area contributed by atoms with Gasteiger partial charge >= 0.3 is 23.9 Å². The topological polar surface area (TPSA) is 149 Å². The molecule has 0 saturated carbocycles. The molecule has 0 aliphatic rings. The molecule has 3 aromatic rings. The van der Waals surface area contributed by atoms with Crippen molar-refractivity contribution in [1.82, 2.24) is 0 Å². The van der Waals surface area contributed by atoms with E-state index in [9.17, 15) is 39.6 Å². The van der Waals surface area contributed by atoms with E-state index in [1.165, 1.54) is 54.6 Å². The number of carboxylic acid groups (broad SMARTS) is 4. The van der Waals surface area contributed by atoms with E-state index in [2.05, 4.69) is 0 Å². The second kappa shape index (κ2) is 7.88. The zero-order valence-electron chi connectivity index (χ0n) is 15.2. The second-order valence-electron chi connectivity index (χ2n) is 6.33. The van der Waals surface area contributed by atoms with E-state index < -0.39 is 23.9 Å². The molecule has 3 rings (SSSR count). The molecule has 30 heavy (non-hydrogen) atoms. The highest BCUT2D eigenvalue weighted by molar-refractivity contribution is 6.05. The Hall–Kier alpha value is -4.46. The SMILES string of the molecule is O=C(O)c1cc(C(=O)O)cc(-c2ccc(-c3c(C(=O)O)cccc3C(=O)O)cc2)c1. The molecular weight excluding hydrogens is 392 g/mol. The fraction of sp³-hybridized carbons (Fsp3) is 0. The fourth-order valence-electron chi connectivity index (χ4n) is 3.09. The average molecular weight is 406 g/mol. The summed E-state index contributed by atoms with van der Waals surface area (Å²) in [6.07, 6.45) is 0. The van der Waals surface area contributed by atoms with E-state index in [0.717, 1.165) is 6.07 Å². The quantitative estimate of drug-likeness (QED) is 0.483. The van der Waals surface area contributed by atoms with Crippen molar-refractivity contribution in [2.24, 2.45) is 0 Å². The van der Waals surface area contributed by atoms with Crippen LogP contribution in [0, 0.1) is 0 Å². The lowest BCUT2D eigenvalue weighted by Gasteiger charge is -2.12. The first-order chi connectivity index (χ1) is 14.2. The summed E-state index contributed by atoms with van der Waals surface area (Å²) in [4.78, 5) is 45.7. The molecule has 0 fully saturated rings. The third kappa shape index (κ3) is 3.88. The van der Waals surface area contributed by atoms with Gasteiger partial charge in [0.1, 0.15) is 0 Å². The summed E-state index contributed by atoms with van der Waals surface area (Å²) in [5.41, 5.74) is 0.443. The van der Waals surface area contributed by atoms with Crippen molar-refractivity contribution in [3.8, 4) is 22.3 Å². The first-order valence-corrected chi connectivity index (χ1v) is 8.51. The summed E-state index contributed by atoms with van der Waals surface area (Å²) < 4.78 is 0. The lowest BCUT2D eigenvalue weighted by molar-refractivity contribution is 0.0677. The third-order valence-corrected chi connectivity index (χ3v) is 4.46. The minimum absolute atomic E-state index is 0.0366. The van der Waals surface area contributed by atoms with Gasteiger partial charge in [0, 0.05) is 5.56 Å². The molecular formula is C22H14O8. The predicted octanol–water partition coefficient (Wildman–Crippen LogP) is 3.81. The van der Waals surface area contributed by atoms with Crippen LogP contribution in [-0.2, 0) is 0 Å². The first kappa shape index (κ1) is 20.3. The molecule has 8 nitrogen and oxygen atoms in total. The molecule has 0 atom stereocenters. The summed E-state index contributed by atoms with van der Waals surface area (Å²) in [6.45, 7) is 0. The normalized spacial score (nSPS) is 10.4. The summed E-state index contributed by atoms with van der Waals surface area (Å²) in [6, 6.07) is 13.7. The molecule has 0 unspecified atom stereocenters. The van der Waals surface area contributed by atoms with Crippen molar-refractivity contribution in [3.05, 3.63) is 82.9 Å². The molecule has 0 amide bonds. The van der Waals surface area contributed by atoms with Gasteiger partial charge in [-0.25, -0.2) is 19.2 Å². The van der Waals surface area contributed by atoms with Gasteiger partial charge in [-0.2, -0.15) is 0 Å². The lowest BCUT2D eigenvalue weighted by atomic mass is 9.92. The number of hydrogen-bond donors (Lipinski definition) is 4. The van der Waals surface area contributed by atoms with Crippen LogP contribution in [0.1, 0.15) is 41.4 Å². The minimum atomic E-state index is -1.28. The van der Waals surface area contributed by atoms with Crippen LogP contribution in [0.3, 0.4) is 0 Å². The predicted molar refractivity (Wildman–Crippen MR) is 105 cm³/mol. The molecule has 0 spiro atoms. The Labute approximate surface area is 169 Å². The lowest BCUT2D eigenvalue weighted by Crippen LogP contribution is -2.06. The van der Waals surface area contributed by atoms with Crippen LogP contribution in [0.25, 0.3) is 22.3 Å². The highest BCUT2D eigenvalue weighted by atomic mass is 16.4. The second-order valence-corrected chi connectivity index (χ2v) is 6.33. The van der Waals surface area contributed by atoms with Crippen molar-refractivity contribution in [2.45, 2.75) is 0 Å². The van der Waals surface area contributed by atoms with Gasteiger partial charge in [0.05, 0.1) is 22.3 Å². The van der Waals surface area contributed by atoms with E-state index >= 15 is 0 Å². The number of hydrogen-bond acceptors (Lipinski definition) is 4. The minimum Gasteiger partial charge on any atom is -0.478 e. The number of carbonyl (C=O) groups is 4. The standard InChI is InChI=1S/C22H14O8/c23-19(24)14-8-13(9-15(10-14)20(25)26)11-4-6-12(7-5-11)18-16(21(27)28)2-1-3-17(18)22(29)30/h1-10H,(H,23,24)(H,25,26)(H,27,28)(H,29,30). The van der Waals surface area contributed by atoms with E-state index in [1.807, 2.05) is 0 Å². The Morgan fingerprint density at radius 2 is 0.933 bits per heavy atom. The first-order valence-electron chi connectivity index (χ1n) is 8.51. The third-order valence-electron chi connectivity index (χ3n) is 4.46. The van der Waals surface area contributed by atoms with Crippen LogP contribution in [0.4, 0.5) is 0 Å². The molecule has 0 radical (unpaired) electrons. The van der Waals surface area contributed by atoms with Crippen molar-refractivity contribution in [2.75, 3.05) is 0 Å². The van der Waals surface area contributed by atoms with Gasteiger partial charge in [0.2, 0.25) is 0 Å². The fourth-order valence-corrected chi connectivity index (χ4v) is 3.09. The molecule has 4 N–H and O–H groups in total. The van der Waals surface area contributed by atoms with Gasteiger partial charge in [0.15, 0.2) is 0 Å². The van der Waals surface area contributed by atoms with Gasteiger partial charge in [-0.15, -0.1) is 0 Å². The Bertz CT molecular complexity index is 1130. The van der Waals surface area contributed by atoms with Crippen LogP contribution in [-0.4, -0.2) is 44.3 Å². The van der Waals surface area contributed by atoms with Gasteiger partial charge in [-0.1, -0.05) is 30.3 Å². The Morgan fingerprint density at radius 1 is 0.500 bits per heavy atom. The molecule has 8 heteroatoms. The number of rotatable bonds is 6. The molecule has 150 valence electrons. The largest absolute Gasteiger partial charge is 0.478 e. The number of carboxylic acids is 4. The van der Waals surface area contributed by atoms with Gasteiger partial charge < -0.3 is 20.4 Å². The number of aromatic carboxylic acids is 4. The highest BCUT2D eigenvalue weighted by Crippen LogP contribution is 2.31. The van der Waals surface area contributed by atoms with E-state index in [1.54, 1.807) is 0 Å². The summed E-state index contributed by atoms with van der Waals surface area (Å²) in [7, 11) is 0. The van der Waals surface area contributed by atoms with Crippen LogP contribution in [0.15, 0.2) is 60.7 Å². The van der Waals surface area contributed by atoms with Crippen LogP contribution in [0.2, 0.25) is 0 Å². The molecule has 0 saturated heterocycles. The molecule has 0 heterocycles. The Balaban J connectivity index is 2.14. The van der Waals surface area contributed by atoms with Gasteiger partial charge in [-0.05, 0) is 47.0 Å². The van der Waals surface area contributed by atoms with E-state index in [4.69, 9.17) is 0 Å². The zero-order valence-corrected chi connectivity index (χ0v) is 15.2. The molecule has 0 aliphatic carbocycles. The molecule has 0 aromatic heterocycles. The van der Waals surface area contributed by atoms with Crippen molar-refractivity contribution >= 4 is 23.9 Å². The van der Waals surface area contributed by atoms with Crippen LogP contribution < -0.4 is 0 Å². The maximum Gasteiger partial charge on any atom is 0.336 e. The number of benzene rings is 3. The summed E-state index contributed by atoms with van der Waals surface area (Å²) >= 11 is 0. The molecule has 3 aromatic carbocycles. The maximum absolute atomic E-state index is 11.6. The van der Waals surface area contributed by atoms with Crippen molar-refractivity contribution < 1.29 is 39.6 Å². The maximum atomic E-state index is 11.6. The van der Waals surface area contributed by atoms with Crippen LogP contribution in [0.5, 0.6) is 0 Å².